The molecule has 0 spiro atoms. The lowest BCUT2D eigenvalue weighted by atomic mass is 10.3. The Morgan fingerprint density at radius 2 is 1.86 bits per heavy atom. The molecule has 4 heterocycles. The van der Waals surface area contributed by atoms with Gasteiger partial charge in [0.15, 0.2) is 17.5 Å². The van der Waals surface area contributed by atoms with Gasteiger partial charge in [-0.2, -0.15) is 4.31 Å². The molecular weight excluding hydrogens is 520 g/mol. The van der Waals surface area contributed by atoms with Gasteiger partial charge >= 0.3 is 0 Å². The molecular formula is C23H23ClN8O4S. The summed E-state index contributed by atoms with van der Waals surface area (Å²) in [5.74, 6) is 0.643. The zero-order valence-electron chi connectivity index (χ0n) is 19.8. The quantitative estimate of drug-likeness (QED) is 0.345. The van der Waals surface area contributed by atoms with Gasteiger partial charge in [0, 0.05) is 38.6 Å². The number of benzene rings is 1. The fourth-order valence-electron chi connectivity index (χ4n) is 3.98. The van der Waals surface area contributed by atoms with Crippen LogP contribution in [0.5, 0.6) is 5.75 Å². The lowest BCUT2D eigenvalue weighted by molar-refractivity contribution is -0.134. The molecule has 0 bridgehead atoms. The predicted octanol–water partition coefficient (Wildman–Crippen LogP) is 1.72. The highest BCUT2D eigenvalue weighted by molar-refractivity contribution is 7.89. The van der Waals surface area contributed by atoms with E-state index < -0.39 is 10.0 Å². The second kappa shape index (κ2) is 10.3. The monoisotopic (exact) mass is 542 g/mol. The van der Waals surface area contributed by atoms with Gasteiger partial charge in [-0.3, -0.25) is 9.36 Å². The maximum atomic E-state index is 13.4. The number of carbonyl (C=O) groups excluding carboxylic acids is 1. The second-order valence-corrected chi connectivity index (χ2v) is 10.6. The largest absolute Gasteiger partial charge is 0.484 e. The van der Waals surface area contributed by atoms with E-state index in [4.69, 9.17) is 16.3 Å². The molecule has 1 aliphatic rings. The Morgan fingerprint density at radius 3 is 2.54 bits per heavy atom. The van der Waals surface area contributed by atoms with Gasteiger partial charge in [0.25, 0.3) is 15.9 Å². The summed E-state index contributed by atoms with van der Waals surface area (Å²) in [5.41, 5.74) is 1.63. The molecule has 3 aromatic heterocycles. The van der Waals surface area contributed by atoms with Gasteiger partial charge in [0.2, 0.25) is 0 Å². The van der Waals surface area contributed by atoms with Crippen molar-refractivity contribution < 1.29 is 17.9 Å². The van der Waals surface area contributed by atoms with E-state index in [2.05, 4.69) is 20.5 Å². The molecule has 0 saturated carbocycles. The third-order valence-electron chi connectivity index (χ3n) is 5.91. The Balaban J connectivity index is 1.19. The molecule has 37 heavy (non-hydrogen) atoms. The van der Waals surface area contributed by atoms with Gasteiger partial charge in [-0.25, -0.2) is 18.1 Å². The Hall–Kier alpha value is -3.81. The number of aromatic nitrogens is 6. The summed E-state index contributed by atoms with van der Waals surface area (Å²) in [4.78, 5) is 18.6. The zero-order chi connectivity index (χ0) is 26.0. The Labute approximate surface area is 218 Å². The van der Waals surface area contributed by atoms with Crippen LogP contribution < -0.4 is 4.74 Å². The van der Waals surface area contributed by atoms with Gasteiger partial charge in [-0.15, -0.1) is 5.10 Å². The van der Waals surface area contributed by atoms with Crippen molar-refractivity contribution >= 4 is 27.5 Å². The number of hydrogen-bond donors (Lipinski definition) is 0. The minimum atomic E-state index is -3.84. The number of sulfonamides is 1. The summed E-state index contributed by atoms with van der Waals surface area (Å²) in [6.45, 7) is 2.53. The van der Waals surface area contributed by atoms with Gasteiger partial charge in [-0.05, 0) is 65.4 Å². The summed E-state index contributed by atoms with van der Waals surface area (Å²) >= 11 is 6.33. The Bertz CT molecular complexity index is 1500. The fourth-order valence-corrected chi connectivity index (χ4v) is 5.84. The fraction of sp³-hybridized carbons (Fsp3) is 0.261. The third kappa shape index (κ3) is 5.19. The van der Waals surface area contributed by atoms with Crippen molar-refractivity contribution in [3.63, 3.8) is 0 Å². The molecule has 1 saturated heterocycles. The van der Waals surface area contributed by atoms with E-state index >= 15 is 0 Å². The number of tetrazole rings is 1. The molecule has 0 radical (unpaired) electrons. The van der Waals surface area contributed by atoms with E-state index in [9.17, 15) is 13.2 Å². The number of rotatable bonds is 7. The Morgan fingerprint density at radius 1 is 1.11 bits per heavy atom. The highest BCUT2D eigenvalue weighted by Gasteiger charge is 2.32. The molecule has 14 heteroatoms. The normalized spacial score (nSPS) is 14.6. The van der Waals surface area contributed by atoms with E-state index in [0.717, 1.165) is 11.3 Å². The first-order valence-electron chi connectivity index (χ1n) is 11.4. The van der Waals surface area contributed by atoms with Crippen LogP contribution in [0.3, 0.4) is 0 Å². The summed E-state index contributed by atoms with van der Waals surface area (Å²) in [5, 5.41) is 11.4. The van der Waals surface area contributed by atoms with E-state index in [1.165, 1.54) is 25.9 Å². The molecule has 1 aliphatic heterocycles. The van der Waals surface area contributed by atoms with Crippen LogP contribution in [0.15, 0.2) is 66.2 Å². The number of halogens is 1. The first kappa shape index (κ1) is 24.9. The first-order chi connectivity index (χ1) is 17.8. The molecule has 192 valence electrons. The lowest BCUT2D eigenvalue weighted by Gasteiger charge is -2.34. The number of pyridine rings is 1. The Kier molecular flexibility index (Phi) is 6.91. The van der Waals surface area contributed by atoms with Crippen LogP contribution in [0.2, 0.25) is 5.02 Å². The number of hydrogen-bond acceptors (Lipinski definition) is 8. The van der Waals surface area contributed by atoms with E-state index in [0.29, 0.717) is 16.6 Å². The maximum absolute atomic E-state index is 13.4. The smallest absolute Gasteiger partial charge is 0.260 e. The number of nitrogens with zero attached hydrogens (tertiary/aromatic N) is 8. The molecule has 5 rings (SSSR count). The van der Waals surface area contributed by atoms with Gasteiger partial charge < -0.3 is 9.64 Å². The molecule has 0 atom stereocenters. The molecule has 4 aromatic rings. The third-order valence-corrected chi connectivity index (χ3v) is 8.09. The lowest BCUT2D eigenvalue weighted by Crippen LogP contribution is -2.51. The first-order valence-corrected chi connectivity index (χ1v) is 13.2. The van der Waals surface area contributed by atoms with Crippen molar-refractivity contribution in [2.45, 2.75) is 11.9 Å². The highest BCUT2D eigenvalue weighted by Crippen LogP contribution is 2.26. The topological polar surface area (TPSA) is 128 Å². The van der Waals surface area contributed by atoms with Crippen molar-refractivity contribution in [3.8, 4) is 17.3 Å². The highest BCUT2D eigenvalue weighted by atomic mass is 35.5. The maximum Gasteiger partial charge on any atom is 0.260 e. The van der Waals surface area contributed by atoms with Crippen molar-refractivity contribution in [2.75, 3.05) is 32.8 Å². The van der Waals surface area contributed by atoms with Crippen LogP contribution in [0, 0.1) is 6.92 Å². The molecule has 0 unspecified atom stereocenters. The number of aryl methyl sites for hydroxylation is 1. The van der Waals surface area contributed by atoms with Crippen molar-refractivity contribution in [1.82, 2.24) is 39.0 Å². The van der Waals surface area contributed by atoms with Crippen LogP contribution in [0.4, 0.5) is 0 Å². The summed E-state index contributed by atoms with van der Waals surface area (Å²) in [6, 6.07) is 11.9. The van der Waals surface area contributed by atoms with Crippen molar-refractivity contribution in [3.05, 3.63) is 71.8 Å². The molecule has 0 aliphatic carbocycles. The molecule has 1 amide bonds. The van der Waals surface area contributed by atoms with Crippen molar-refractivity contribution in [1.29, 1.82) is 0 Å². The van der Waals surface area contributed by atoms with Gasteiger partial charge in [-0.1, -0.05) is 11.6 Å². The van der Waals surface area contributed by atoms with E-state index in [1.54, 1.807) is 53.7 Å². The van der Waals surface area contributed by atoms with Crippen LogP contribution in [0.1, 0.15) is 5.56 Å². The average Bonchev–Trinajstić information content (AvgIpc) is 3.61. The van der Waals surface area contributed by atoms with E-state index in [-0.39, 0.29) is 43.7 Å². The van der Waals surface area contributed by atoms with Crippen LogP contribution in [-0.4, -0.2) is 86.1 Å². The molecule has 1 fully saturated rings. The molecule has 1 aromatic carbocycles. The summed E-state index contributed by atoms with van der Waals surface area (Å²) < 4.78 is 36.8. The number of ether oxygens (including phenoxy) is 1. The number of carbonyl (C=O) groups is 1. The minimum absolute atomic E-state index is 0.0685. The second-order valence-electron chi connectivity index (χ2n) is 8.36. The SMILES string of the molecule is Cc1cnc(-n2cccc2S(=O)(=O)N2CCN(C(=O)COc3ccc(-n4cnnn4)cc3)CC2)c(Cl)c1. The van der Waals surface area contributed by atoms with Crippen molar-refractivity contribution in [2.24, 2.45) is 0 Å². The van der Waals surface area contributed by atoms with Crippen LogP contribution in [0.25, 0.3) is 11.5 Å². The van der Waals surface area contributed by atoms with Gasteiger partial charge in [0.1, 0.15) is 12.1 Å². The molecule has 0 N–H and O–H groups in total. The average molecular weight is 543 g/mol. The number of amides is 1. The number of piperazine rings is 1. The standard InChI is InChI=1S/C23H23ClN8O4S/c1-17-13-20(24)23(25-14-17)31-8-2-3-22(31)37(34,35)30-11-9-29(10-12-30)21(33)15-36-19-6-4-18(5-7-19)32-16-26-27-28-32/h2-8,13-14,16H,9-12,15H2,1H3. The summed E-state index contributed by atoms with van der Waals surface area (Å²) in [7, 11) is -3.84. The van der Waals surface area contributed by atoms with Gasteiger partial charge in [0.05, 0.1) is 10.7 Å². The minimum Gasteiger partial charge on any atom is -0.484 e. The van der Waals surface area contributed by atoms with Crippen LogP contribution in [-0.2, 0) is 14.8 Å². The van der Waals surface area contributed by atoms with Crippen LogP contribution >= 0.6 is 11.6 Å². The zero-order valence-corrected chi connectivity index (χ0v) is 21.4. The summed E-state index contributed by atoms with van der Waals surface area (Å²) in [6.07, 6.45) is 4.72. The van der Waals surface area contributed by atoms with E-state index in [1.807, 2.05) is 6.92 Å². The predicted molar refractivity (Wildman–Crippen MR) is 133 cm³/mol. The molecule has 12 nitrogen and oxygen atoms in total.